The molecule has 10 aromatic carbocycles. The monoisotopic (exact) mass is 970 g/mol. The maximum absolute atomic E-state index is 6.06. The van der Waals surface area contributed by atoms with Crippen molar-refractivity contribution >= 4 is 70.5 Å². The second-order valence-corrected chi connectivity index (χ2v) is 19.5. The van der Waals surface area contributed by atoms with Crippen molar-refractivity contribution in [1.29, 1.82) is 0 Å². The van der Waals surface area contributed by atoms with Crippen LogP contribution in [0.2, 0.25) is 0 Å². The molecule has 1 aromatic heterocycles. The van der Waals surface area contributed by atoms with Gasteiger partial charge in [0, 0.05) is 36.5 Å². The molecule has 0 saturated carbocycles. The lowest BCUT2D eigenvalue weighted by molar-refractivity contribution is 0.961. The Balaban J connectivity index is 0.000000330. The van der Waals surface area contributed by atoms with E-state index in [1.165, 1.54) is 75.8 Å². The van der Waals surface area contributed by atoms with Crippen LogP contribution in [0.15, 0.2) is 279 Å². The fourth-order valence-electron chi connectivity index (χ4n) is 9.81. The summed E-state index contributed by atoms with van der Waals surface area (Å²) in [5, 5.41) is 6.91. The predicted octanol–water partition coefficient (Wildman–Crippen LogP) is 19.5. The zero-order chi connectivity index (χ0) is 50.8. The van der Waals surface area contributed by atoms with Crippen LogP contribution in [0.25, 0.3) is 92.3 Å². The van der Waals surface area contributed by atoms with Crippen molar-refractivity contribution in [2.45, 2.75) is 19.8 Å². The van der Waals surface area contributed by atoms with Crippen LogP contribution in [0, 0.1) is 0 Å². The maximum Gasteiger partial charge on any atom is 0.0634 e. The summed E-state index contributed by atoms with van der Waals surface area (Å²) in [5.74, 6) is 0. The molecule has 0 spiro atoms. The van der Waals surface area contributed by atoms with Crippen LogP contribution in [0.3, 0.4) is 0 Å². The Morgan fingerprint density at radius 1 is 0.446 bits per heavy atom. The average Bonchev–Trinajstić information content (AvgIpc) is 3.84. The number of hydrogen-bond donors (Lipinski definition) is 2. The topological polar surface area (TPSA) is 52.0 Å². The first-order valence-corrected chi connectivity index (χ1v) is 26.0. The molecule has 1 heterocycles. The van der Waals surface area contributed by atoms with Gasteiger partial charge in [0.05, 0.1) is 11.4 Å². The Kier molecular flexibility index (Phi) is 14.8. The first-order chi connectivity index (χ1) is 36.4. The van der Waals surface area contributed by atoms with Gasteiger partial charge in [-0.25, -0.2) is 0 Å². The smallest absolute Gasteiger partial charge is 0.0634 e. The Bertz CT molecular complexity index is 3880. The summed E-state index contributed by atoms with van der Waals surface area (Å²) in [4.78, 5) is 0. The number of rotatable bonds is 13. The minimum Gasteiger partial charge on any atom is -0.397 e. The molecule has 0 aliphatic rings. The van der Waals surface area contributed by atoms with Crippen LogP contribution >= 0.6 is 11.3 Å². The van der Waals surface area contributed by atoms with Gasteiger partial charge in [0.15, 0.2) is 0 Å². The van der Waals surface area contributed by atoms with Gasteiger partial charge in [0.1, 0.15) is 0 Å². The van der Waals surface area contributed by atoms with Crippen LogP contribution in [0.1, 0.15) is 23.6 Å². The molecule has 3 heteroatoms. The zero-order valence-electron chi connectivity index (χ0n) is 41.7. The van der Waals surface area contributed by atoms with Crippen LogP contribution in [-0.2, 0) is 12.8 Å². The van der Waals surface area contributed by atoms with Crippen molar-refractivity contribution in [3.8, 4) is 44.5 Å². The number of aryl methyl sites for hydroxylation is 2. The lowest BCUT2D eigenvalue weighted by atomic mass is 9.93. The summed E-state index contributed by atoms with van der Waals surface area (Å²) in [6, 6.07) is 76.3. The van der Waals surface area contributed by atoms with E-state index >= 15 is 0 Å². The summed E-state index contributed by atoms with van der Waals surface area (Å²) < 4.78 is 2.59. The number of benzene rings is 10. The summed E-state index contributed by atoms with van der Waals surface area (Å²) >= 11 is 1.88. The highest BCUT2D eigenvalue weighted by Gasteiger charge is 2.16. The summed E-state index contributed by atoms with van der Waals surface area (Å²) in [6.45, 7) is 9.99. The Morgan fingerprint density at radius 3 is 1.66 bits per heavy atom. The Morgan fingerprint density at radius 2 is 1.01 bits per heavy atom. The molecule has 0 aliphatic carbocycles. The summed E-state index contributed by atoms with van der Waals surface area (Å²) in [5.41, 5.74) is 29.3. The number of fused-ring (bicyclic) bond motifs is 6. The van der Waals surface area contributed by atoms with Crippen LogP contribution in [0.4, 0.5) is 11.4 Å². The van der Waals surface area contributed by atoms with Gasteiger partial charge < -0.3 is 11.5 Å². The lowest BCUT2D eigenvalue weighted by Gasteiger charge is -2.12. The van der Waals surface area contributed by atoms with E-state index in [9.17, 15) is 0 Å². The van der Waals surface area contributed by atoms with E-state index in [1.54, 1.807) is 0 Å². The highest BCUT2D eigenvalue weighted by molar-refractivity contribution is 7.26. The van der Waals surface area contributed by atoms with Crippen molar-refractivity contribution in [3.63, 3.8) is 0 Å². The number of hydrogen-bond acceptors (Lipinski definition) is 3. The van der Waals surface area contributed by atoms with E-state index in [4.69, 9.17) is 11.5 Å². The largest absolute Gasteiger partial charge is 0.397 e. The number of nitrogens with two attached hydrogens (primary N) is 2. The molecule has 0 saturated heterocycles. The van der Waals surface area contributed by atoms with E-state index in [-0.39, 0.29) is 0 Å². The molecule has 0 amide bonds. The second-order valence-electron chi connectivity index (χ2n) is 18.4. The van der Waals surface area contributed by atoms with E-state index in [0.29, 0.717) is 11.4 Å². The van der Waals surface area contributed by atoms with Crippen LogP contribution in [-0.4, -0.2) is 0 Å². The number of allylic oxidation sites excluding steroid dienone is 9. The van der Waals surface area contributed by atoms with Gasteiger partial charge in [-0.15, -0.1) is 11.3 Å². The van der Waals surface area contributed by atoms with Crippen LogP contribution in [0.5, 0.6) is 0 Å². The van der Waals surface area contributed by atoms with Gasteiger partial charge in [-0.1, -0.05) is 244 Å². The molecule has 0 fully saturated rings. The zero-order valence-corrected chi connectivity index (χ0v) is 42.5. The SMILES string of the molecule is C=C/C=C(C=C)/C(/C=C/c1ccc2sc3c(-c4cccc(CCc5ccc(-c6ccccc6)cc5)c4)cc(-c4cccc(-c5ccccc5)c4)cc3c2c1)=C/C=C\C.Nc1c(N)c2ccccc2c2ccccc12. The molecular weight excluding hydrogens is 913 g/mol. The van der Waals surface area contributed by atoms with E-state index < -0.39 is 0 Å². The number of nitrogen functional groups attached to an aromatic ring is 2. The third kappa shape index (κ3) is 10.6. The molecule has 2 nitrogen and oxygen atoms in total. The Labute approximate surface area is 439 Å². The molecule has 4 N–H and O–H groups in total. The van der Waals surface area contributed by atoms with Crippen molar-refractivity contribution < 1.29 is 0 Å². The second kappa shape index (κ2) is 22.6. The minimum absolute atomic E-state index is 0.675. The highest BCUT2D eigenvalue weighted by Crippen LogP contribution is 2.44. The van der Waals surface area contributed by atoms with E-state index in [1.807, 2.05) is 79.0 Å². The van der Waals surface area contributed by atoms with Crippen LogP contribution < -0.4 is 11.5 Å². The molecule has 0 unspecified atom stereocenters. The van der Waals surface area contributed by atoms with E-state index in [0.717, 1.165) is 51.1 Å². The average molecular weight is 971 g/mol. The van der Waals surface area contributed by atoms with Gasteiger partial charge >= 0.3 is 0 Å². The quantitative estimate of drug-likeness (QED) is 0.0523. The molecule has 0 radical (unpaired) electrons. The fourth-order valence-corrected chi connectivity index (χ4v) is 11.0. The molecular formula is C71H58N2S. The maximum atomic E-state index is 6.06. The van der Waals surface area contributed by atoms with Gasteiger partial charge in [0.25, 0.3) is 0 Å². The third-order valence-corrected chi connectivity index (χ3v) is 14.9. The van der Waals surface area contributed by atoms with E-state index in [2.05, 4.69) is 213 Å². The molecule has 74 heavy (non-hydrogen) atoms. The first kappa shape index (κ1) is 48.6. The van der Waals surface area contributed by atoms with Crippen molar-refractivity contribution in [2.75, 3.05) is 11.5 Å². The Hall–Kier alpha value is -9.02. The van der Waals surface area contributed by atoms with Gasteiger partial charge in [-0.05, 0) is 128 Å². The summed E-state index contributed by atoms with van der Waals surface area (Å²) in [6.07, 6.45) is 18.2. The molecule has 358 valence electrons. The molecule has 0 aliphatic heterocycles. The molecule has 0 bridgehead atoms. The minimum atomic E-state index is 0.675. The normalized spacial score (nSPS) is 12.0. The standard InChI is InChI=1S/C57H46S.C14H12N2/c1-4-7-18-47(44(6-3)16-5-2)34-30-43-31-35-56-54(37-43)55-40-52(50-24-15-23-49(38-50)46-21-12-9-13-22-46)39-53(57(55)58-56)51-25-14-17-42(36-51)27-26-41-28-32-48(33-29-41)45-19-10-8-11-20-45;15-13-11-7-3-1-5-9(11)10-6-2-4-8-12(10)14(13)16/h4-25,28-40H,2-3,26-27H2,1H3;1-8H,15-16H2/b7-4-,34-30+,44-16+,47-18+;. The molecule has 0 atom stereocenters. The van der Waals surface area contributed by atoms with Crippen molar-refractivity contribution in [2.24, 2.45) is 0 Å². The number of anilines is 2. The van der Waals surface area contributed by atoms with Crippen molar-refractivity contribution in [3.05, 3.63) is 296 Å². The lowest BCUT2D eigenvalue weighted by Crippen LogP contribution is -1.97. The number of thiophene rings is 1. The van der Waals surface area contributed by atoms with Gasteiger partial charge in [-0.2, -0.15) is 0 Å². The van der Waals surface area contributed by atoms with Gasteiger partial charge in [0.2, 0.25) is 0 Å². The highest BCUT2D eigenvalue weighted by atomic mass is 32.1. The molecule has 11 aromatic rings. The van der Waals surface area contributed by atoms with Gasteiger partial charge in [-0.3, -0.25) is 0 Å². The summed E-state index contributed by atoms with van der Waals surface area (Å²) in [7, 11) is 0. The fraction of sp³-hybridized carbons (Fsp3) is 0.0423. The predicted molar refractivity (Wildman–Crippen MR) is 326 cm³/mol. The first-order valence-electron chi connectivity index (χ1n) is 25.2. The third-order valence-electron chi connectivity index (χ3n) is 13.7. The van der Waals surface area contributed by atoms with Crippen molar-refractivity contribution in [1.82, 2.24) is 0 Å². The molecule has 11 rings (SSSR count).